The Balaban J connectivity index is 1.85. The number of rotatable bonds is 4. The van der Waals surface area contributed by atoms with Crippen molar-refractivity contribution < 1.29 is 22.7 Å². The molecule has 9 heteroatoms. The van der Waals surface area contributed by atoms with Crippen molar-refractivity contribution in [3.63, 3.8) is 0 Å². The van der Waals surface area contributed by atoms with Crippen molar-refractivity contribution in [1.29, 1.82) is 0 Å². The van der Waals surface area contributed by atoms with Gasteiger partial charge in [-0.1, -0.05) is 0 Å². The van der Waals surface area contributed by atoms with Gasteiger partial charge in [-0.05, 0) is 43.3 Å². The zero-order chi connectivity index (χ0) is 19.8. The Labute approximate surface area is 151 Å². The summed E-state index contributed by atoms with van der Waals surface area (Å²) in [5.41, 5.74) is 0.972. The molecule has 2 aromatic heterocycles. The Bertz CT molecular complexity index is 1050. The van der Waals surface area contributed by atoms with Crippen LogP contribution in [-0.2, 0) is 13.6 Å². The van der Waals surface area contributed by atoms with Crippen LogP contribution in [0.3, 0.4) is 0 Å². The smallest absolute Gasteiger partial charge is 0.406 e. The van der Waals surface area contributed by atoms with Gasteiger partial charge in [-0.25, -0.2) is 0 Å². The minimum absolute atomic E-state index is 0.196. The first-order valence-corrected chi connectivity index (χ1v) is 8.05. The topological polar surface area (TPSA) is 65.3 Å². The lowest BCUT2D eigenvalue weighted by atomic mass is 10.2. The number of ether oxygens (including phenoxy) is 1. The highest BCUT2D eigenvalue weighted by atomic mass is 19.4. The Hall–Kier alpha value is -3.23. The number of nitrogens with one attached hydrogen (secondary N) is 1. The van der Waals surface area contributed by atoms with Crippen molar-refractivity contribution in [3.8, 4) is 5.75 Å². The maximum atomic E-state index is 12.5. The molecule has 142 valence electrons. The average molecular weight is 379 g/mol. The summed E-state index contributed by atoms with van der Waals surface area (Å²) >= 11 is 0. The molecule has 0 bridgehead atoms. The van der Waals surface area contributed by atoms with Crippen LogP contribution >= 0.6 is 0 Å². The second-order valence-electron chi connectivity index (χ2n) is 5.82. The highest BCUT2D eigenvalue weighted by Crippen LogP contribution is 2.24. The zero-order valence-electron chi connectivity index (χ0n) is 14.5. The van der Waals surface area contributed by atoms with Crippen LogP contribution in [0, 0.1) is 0 Å². The van der Waals surface area contributed by atoms with E-state index >= 15 is 0 Å². The maximum absolute atomic E-state index is 12.5. The Kier molecular flexibility index (Phi) is 4.69. The van der Waals surface area contributed by atoms with E-state index in [0.29, 0.717) is 23.1 Å². The van der Waals surface area contributed by atoms with Gasteiger partial charge in [0, 0.05) is 25.5 Å². The molecule has 0 spiro atoms. The maximum Gasteiger partial charge on any atom is 0.573 e. The third-order valence-electron chi connectivity index (χ3n) is 4.10. The molecule has 3 rings (SSSR count). The van der Waals surface area contributed by atoms with Gasteiger partial charge in [-0.2, -0.15) is 0 Å². The first kappa shape index (κ1) is 18.6. The van der Waals surface area contributed by atoms with E-state index in [4.69, 9.17) is 0 Å². The van der Waals surface area contributed by atoms with E-state index in [9.17, 15) is 22.8 Å². The molecule has 1 amide bonds. The fraction of sp³-hybridized carbons (Fsp3) is 0.222. The zero-order valence-corrected chi connectivity index (χ0v) is 14.5. The first-order chi connectivity index (χ1) is 12.7. The van der Waals surface area contributed by atoms with E-state index < -0.39 is 12.3 Å². The summed E-state index contributed by atoms with van der Waals surface area (Å²) in [6, 6.07) is 8.05. The molecular weight excluding hydrogens is 363 g/mol. The Morgan fingerprint density at radius 1 is 1.19 bits per heavy atom. The lowest BCUT2D eigenvalue weighted by Gasteiger charge is -2.10. The van der Waals surface area contributed by atoms with E-state index in [1.54, 1.807) is 23.9 Å². The number of carbonyl (C=O) groups excluding carboxylic acids is 1. The molecule has 0 saturated carbocycles. The summed E-state index contributed by atoms with van der Waals surface area (Å²) in [5, 5.41) is 3.01. The molecule has 6 nitrogen and oxygen atoms in total. The van der Waals surface area contributed by atoms with Gasteiger partial charge in [0.25, 0.3) is 11.5 Å². The van der Waals surface area contributed by atoms with Crippen LogP contribution in [0.2, 0.25) is 0 Å². The van der Waals surface area contributed by atoms with E-state index in [1.165, 1.54) is 22.8 Å². The van der Waals surface area contributed by atoms with Crippen LogP contribution in [0.1, 0.15) is 17.4 Å². The monoisotopic (exact) mass is 379 g/mol. The van der Waals surface area contributed by atoms with Crippen molar-refractivity contribution in [1.82, 2.24) is 9.13 Å². The largest absolute Gasteiger partial charge is 0.573 e. The molecule has 0 radical (unpaired) electrons. The number of anilines is 1. The van der Waals surface area contributed by atoms with Crippen LogP contribution < -0.4 is 15.6 Å². The molecular formula is C18H16F3N3O3. The summed E-state index contributed by atoms with van der Waals surface area (Å²) in [5.74, 6) is -0.870. The Morgan fingerprint density at radius 3 is 2.44 bits per heavy atom. The lowest BCUT2D eigenvalue weighted by molar-refractivity contribution is -0.274. The van der Waals surface area contributed by atoms with Crippen LogP contribution in [0.25, 0.3) is 10.9 Å². The van der Waals surface area contributed by atoms with Crippen molar-refractivity contribution in [2.45, 2.75) is 19.8 Å². The summed E-state index contributed by atoms with van der Waals surface area (Å²) in [6.07, 6.45) is -3.12. The van der Waals surface area contributed by atoms with Gasteiger partial charge in [0.05, 0.1) is 10.9 Å². The number of benzene rings is 1. The van der Waals surface area contributed by atoms with Gasteiger partial charge >= 0.3 is 6.36 Å². The molecule has 0 fully saturated rings. The van der Waals surface area contributed by atoms with Crippen molar-refractivity contribution in [2.24, 2.45) is 7.05 Å². The molecule has 0 saturated heterocycles. The number of hydrogen-bond acceptors (Lipinski definition) is 3. The van der Waals surface area contributed by atoms with Crippen molar-refractivity contribution >= 4 is 22.5 Å². The van der Waals surface area contributed by atoms with Gasteiger partial charge < -0.3 is 19.2 Å². The predicted molar refractivity (Wildman–Crippen MR) is 93.9 cm³/mol. The molecule has 27 heavy (non-hydrogen) atoms. The number of alkyl halides is 3. The van der Waals surface area contributed by atoms with Gasteiger partial charge in [0.15, 0.2) is 0 Å². The second kappa shape index (κ2) is 6.82. The molecule has 0 atom stereocenters. The number of carbonyl (C=O) groups is 1. The summed E-state index contributed by atoms with van der Waals surface area (Å²) < 4.78 is 43.5. The number of fused-ring (bicyclic) bond motifs is 1. The van der Waals surface area contributed by atoms with Crippen molar-refractivity contribution in [3.05, 3.63) is 58.6 Å². The van der Waals surface area contributed by atoms with E-state index in [1.807, 2.05) is 6.92 Å². The molecule has 0 aliphatic heterocycles. The Morgan fingerprint density at radius 2 is 1.85 bits per heavy atom. The number of aromatic nitrogens is 2. The van der Waals surface area contributed by atoms with Crippen molar-refractivity contribution in [2.75, 3.05) is 5.32 Å². The third kappa shape index (κ3) is 3.81. The van der Waals surface area contributed by atoms with Crippen LogP contribution in [0.5, 0.6) is 5.75 Å². The molecule has 0 aliphatic carbocycles. The first-order valence-electron chi connectivity index (χ1n) is 8.05. The van der Waals surface area contributed by atoms with Crippen LogP contribution in [-0.4, -0.2) is 21.4 Å². The molecule has 1 aromatic carbocycles. The van der Waals surface area contributed by atoms with Gasteiger partial charge in [-0.15, -0.1) is 13.2 Å². The fourth-order valence-corrected chi connectivity index (χ4v) is 2.78. The normalized spacial score (nSPS) is 11.6. The minimum atomic E-state index is -4.78. The van der Waals surface area contributed by atoms with Gasteiger partial charge in [0.1, 0.15) is 11.4 Å². The molecule has 0 unspecified atom stereocenters. The molecule has 2 heterocycles. The molecule has 0 aliphatic rings. The van der Waals surface area contributed by atoms with Crippen LogP contribution in [0.15, 0.2) is 47.4 Å². The third-order valence-corrected chi connectivity index (χ3v) is 4.10. The number of aryl methyl sites for hydroxylation is 2. The summed E-state index contributed by atoms with van der Waals surface area (Å²) in [4.78, 5) is 24.9. The van der Waals surface area contributed by atoms with Crippen LogP contribution in [0.4, 0.5) is 18.9 Å². The number of amides is 1. The highest BCUT2D eigenvalue weighted by molar-refractivity contribution is 6.06. The van der Waals surface area contributed by atoms with E-state index in [2.05, 4.69) is 10.1 Å². The fourth-order valence-electron chi connectivity index (χ4n) is 2.78. The summed E-state index contributed by atoms with van der Waals surface area (Å²) in [7, 11) is 1.66. The quantitative estimate of drug-likeness (QED) is 0.755. The average Bonchev–Trinajstić information content (AvgIpc) is 2.94. The minimum Gasteiger partial charge on any atom is -0.406 e. The van der Waals surface area contributed by atoms with E-state index in [0.717, 1.165) is 12.1 Å². The van der Waals surface area contributed by atoms with Gasteiger partial charge in [0.2, 0.25) is 0 Å². The predicted octanol–water partition coefficient (Wildman–Crippen LogP) is 3.51. The summed E-state index contributed by atoms with van der Waals surface area (Å²) in [6.45, 7) is 2.35. The molecule has 3 aromatic rings. The lowest BCUT2D eigenvalue weighted by Crippen LogP contribution is -2.17. The number of hydrogen-bond donors (Lipinski definition) is 1. The highest BCUT2D eigenvalue weighted by Gasteiger charge is 2.31. The number of halogens is 3. The second-order valence-corrected chi connectivity index (χ2v) is 5.82. The van der Waals surface area contributed by atoms with E-state index in [-0.39, 0.29) is 17.0 Å². The number of nitrogens with zero attached hydrogens (tertiary/aromatic N) is 2. The number of pyridine rings is 1. The molecule has 1 N–H and O–H groups in total. The van der Waals surface area contributed by atoms with Gasteiger partial charge in [-0.3, -0.25) is 9.59 Å². The standard InChI is InChI=1S/C18H16F3N3O3/c1-3-24-9-8-14-13(17(24)26)10-15(23(14)2)16(25)22-11-4-6-12(7-5-11)27-18(19,20)21/h4-10H,3H2,1-2H3,(H,22,25). The SMILES string of the molecule is CCn1ccc2c(cc(C(=O)Nc3ccc(OC(F)(F)F)cc3)n2C)c1=O.